The Morgan fingerprint density at radius 1 is 1.42 bits per heavy atom. The maximum atomic E-state index is 11.2. The number of hydrogen-bond acceptors (Lipinski definition) is 4. The van der Waals surface area contributed by atoms with Crippen molar-refractivity contribution in [2.45, 2.75) is 6.42 Å². The van der Waals surface area contributed by atoms with E-state index in [9.17, 15) is 9.59 Å². The highest BCUT2D eigenvalue weighted by molar-refractivity contribution is 5.97. The van der Waals surface area contributed by atoms with E-state index in [2.05, 4.69) is 5.32 Å². The van der Waals surface area contributed by atoms with Crippen molar-refractivity contribution >= 4 is 11.8 Å². The van der Waals surface area contributed by atoms with Crippen LogP contribution >= 0.6 is 0 Å². The molecule has 0 aliphatic carbocycles. The van der Waals surface area contributed by atoms with Gasteiger partial charge in [-0.15, -0.1) is 0 Å². The Bertz CT molecular complexity index is 175. The van der Waals surface area contributed by atoms with Crippen molar-refractivity contribution in [3.63, 3.8) is 0 Å². The van der Waals surface area contributed by atoms with Crippen LogP contribution in [0.15, 0.2) is 0 Å². The number of aliphatic hydroxyl groups is 1. The fraction of sp³-hybridized carbons (Fsp3) is 0.714. The van der Waals surface area contributed by atoms with Crippen LogP contribution in [-0.2, 0) is 9.59 Å². The average Bonchev–Trinajstić information content (AvgIpc) is 2.19. The molecule has 1 aliphatic heterocycles. The highest BCUT2D eigenvalue weighted by Crippen LogP contribution is 1.97. The van der Waals surface area contributed by atoms with E-state index in [-0.39, 0.29) is 31.5 Å². The SMILES string of the molecule is O=C1CCNCC(=O)N1CCO. The number of imide groups is 1. The summed E-state index contributed by atoms with van der Waals surface area (Å²) in [7, 11) is 0. The molecule has 1 aliphatic rings. The van der Waals surface area contributed by atoms with Gasteiger partial charge in [0.2, 0.25) is 11.8 Å². The van der Waals surface area contributed by atoms with Gasteiger partial charge in [-0.25, -0.2) is 0 Å². The molecule has 0 spiro atoms. The van der Waals surface area contributed by atoms with Gasteiger partial charge in [0.15, 0.2) is 0 Å². The first-order valence-electron chi connectivity index (χ1n) is 3.90. The Morgan fingerprint density at radius 2 is 2.17 bits per heavy atom. The summed E-state index contributed by atoms with van der Waals surface area (Å²) >= 11 is 0. The number of nitrogens with zero attached hydrogens (tertiary/aromatic N) is 1. The van der Waals surface area contributed by atoms with E-state index in [0.717, 1.165) is 4.90 Å². The number of nitrogens with one attached hydrogen (secondary N) is 1. The first-order valence-corrected chi connectivity index (χ1v) is 3.90. The molecule has 1 saturated heterocycles. The summed E-state index contributed by atoms with van der Waals surface area (Å²) in [5.41, 5.74) is 0. The van der Waals surface area contributed by atoms with Crippen LogP contribution in [-0.4, -0.2) is 48.1 Å². The monoisotopic (exact) mass is 172 g/mol. The van der Waals surface area contributed by atoms with Gasteiger partial charge in [0.1, 0.15) is 0 Å². The van der Waals surface area contributed by atoms with Crippen molar-refractivity contribution in [3.05, 3.63) is 0 Å². The molecular weight excluding hydrogens is 160 g/mol. The lowest BCUT2D eigenvalue weighted by atomic mass is 10.3. The molecule has 0 aromatic rings. The molecule has 2 amide bonds. The van der Waals surface area contributed by atoms with E-state index in [1.807, 2.05) is 0 Å². The van der Waals surface area contributed by atoms with Crippen LogP contribution in [0.3, 0.4) is 0 Å². The predicted octanol–water partition coefficient (Wildman–Crippen LogP) is -1.67. The maximum Gasteiger partial charge on any atom is 0.243 e. The normalized spacial score (nSPS) is 19.6. The second-order valence-electron chi connectivity index (χ2n) is 2.59. The van der Waals surface area contributed by atoms with E-state index in [4.69, 9.17) is 5.11 Å². The molecule has 5 heteroatoms. The molecule has 5 nitrogen and oxygen atoms in total. The summed E-state index contributed by atoms with van der Waals surface area (Å²) in [5, 5.41) is 11.4. The van der Waals surface area contributed by atoms with Crippen molar-refractivity contribution in [2.75, 3.05) is 26.2 Å². The molecule has 0 aromatic carbocycles. The van der Waals surface area contributed by atoms with Crippen LogP contribution in [0.2, 0.25) is 0 Å². The molecule has 0 aromatic heterocycles. The van der Waals surface area contributed by atoms with E-state index in [1.54, 1.807) is 0 Å². The Balaban J connectivity index is 2.61. The Morgan fingerprint density at radius 3 is 2.83 bits per heavy atom. The number of hydrogen-bond donors (Lipinski definition) is 2. The molecule has 0 unspecified atom stereocenters. The van der Waals surface area contributed by atoms with Gasteiger partial charge in [-0.2, -0.15) is 0 Å². The summed E-state index contributed by atoms with van der Waals surface area (Å²) in [6.07, 6.45) is 0.325. The predicted molar refractivity (Wildman–Crippen MR) is 41.3 cm³/mol. The lowest BCUT2D eigenvalue weighted by molar-refractivity contribution is -0.143. The third-order valence-corrected chi connectivity index (χ3v) is 1.72. The summed E-state index contributed by atoms with van der Waals surface area (Å²) < 4.78 is 0. The lowest BCUT2D eigenvalue weighted by Crippen LogP contribution is -2.39. The summed E-state index contributed by atoms with van der Waals surface area (Å²) in [5.74, 6) is -0.467. The number of rotatable bonds is 2. The molecule has 1 heterocycles. The van der Waals surface area contributed by atoms with Gasteiger partial charge in [0.05, 0.1) is 19.7 Å². The molecule has 0 saturated carbocycles. The highest BCUT2D eigenvalue weighted by atomic mass is 16.3. The third-order valence-electron chi connectivity index (χ3n) is 1.72. The van der Waals surface area contributed by atoms with Crippen LogP contribution in [0.5, 0.6) is 0 Å². The van der Waals surface area contributed by atoms with Crippen LogP contribution in [0.25, 0.3) is 0 Å². The first-order chi connectivity index (χ1) is 5.75. The van der Waals surface area contributed by atoms with E-state index >= 15 is 0 Å². The van der Waals surface area contributed by atoms with Crippen molar-refractivity contribution in [3.8, 4) is 0 Å². The van der Waals surface area contributed by atoms with Crippen molar-refractivity contribution in [1.29, 1.82) is 0 Å². The topological polar surface area (TPSA) is 69.6 Å². The third kappa shape index (κ3) is 2.02. The Hall–Kier alpha value is -0.940. The molecule has 0 atom stereocenters. The molecule has 68 valence electrons. The zero-order valence-corrected chi connectivity index (χ0v) is 6.75. The largest absolute Gasteiger partial charge is 0.395 e. The summed E-state index contributed by atoms with van der Waals surface area (Å²) in [4.78, 5) is 23.4. The minimum absolute atomic E-state index is 0.110. The fourth-order valence-electron chi connectivity index (χ4n) is 1.11. The lowest BCUT2D eigenvalue weighted by Gasteiger charge is -2.16. The molecule has 0 radical (unpaired) electrons. The Labute approximate surface area is 70.4 Å². The Kier molecular flexibility index (Phi) is 3.19. The molecule has 0 bridgehead atoms. The molecular formula is C7H12N2O3. The molecule has 1 fully saturated rings. The van der Waals surface area contributed by atoms with Gasteiger partial charge in [-0.05, 0) is 0 Å². The number of β-amino-alcohol motifs (C(OH)–C–C–N with tert-alkyl or cyclic N) is 1. The van der Waals surface area contributed by atoms with Crippen molar-refractivity contribution in [1.82, 2.24) is 10.2 Å². The van der Waals surface area contributed by atoms with Gasteiger partial charge in [0.25, 0.3) is 0 Å². The minimum Gasteiger partial charge on any atom is -0.395 e. The quantitative estimate of drug-likeness (QED) is 0.488. The van der Waals surface area contributed by atoms with Crippen LogP contribution in [0, 0.1) is 0 Å². The first kappa shape index (κ1) is 9.15. The number of carbonyl (C=O) groups is 2. The standard InChI is InChI=1S/C7H12N2O3/c10-4-3-9-6(11)1-2-8-5-7(9)12/h8,10H,1-5H2. The van der Waals surface area contributed by atoms with E-state index in [0.29, 0.717) is 13.0 Å². The van der Waals surface area contributed by atoms with Gasteiger partial charge < -0.3 is 10.4 Å². The van der Waals surface area contributed by atoms with E-state index < -0.39 is 0 Å². The van der Waals surface area contributed by atoms with Crippen LogP contribution in [0.1, 0.15) is 6.42 Å². The fourth-order valence-corrected chi connectivity index (χ4v) is 1.11. The molecule has 12 heavy (non-hydrogen) atoms. The minimum atomic E-state index is -0.258. The van der Waals surface area contributed by atoms with Crippen LogP contribution < -0.4 is 5.32 Å². The zero-order valence-electron chi connectivity index (χ0n) is 6.75. The second kappa shape index (κ2) is 4.18. The average molecular weight is 172 g/mol. The number of aliphatic hydroxyl groups excluding tert-OH is 1. The smallest absolute Gasteiger partial charge is 0.243 e. The summed E-state index contributed by atoms with van der Waals surface area (Å²) in [6.45, 7) is 0.662. The number of carbonyl (C=O) groups excluding carboxylic acids is 2. The second-order valence-corrected chi connectivity index (χ2v) is 2.59. The van der Waals surface area contributed by atoms with E-state index in [1.165, 1.54) is 0 Å². The van der Waals surface area contributed by atoms with Crippen molar-refractivity contribution in [2.24, 2.45) is 0 Å². The molecule has 1 rings (SSSR count). The maximum absolute atomic E-state index is 11.2. The van der Waals surface area contributed by atoms with Crippen LogP contribution in [0.4, 0.5) is 0 Å². The van der Waals surface area contributed by atoms with Gasteiger partial charge in [-0.1, -0.05) is 0 Å². The summed E-state index contributed by atoms with van der Waals surface area (Å²) in [6, 6.07) is 0. The highest BCUT2D eigenvalue weighted by Gasteiger charge is 2.22. The van der Waals surface area contributed by atoms with Gasteiger partial charge in [-0.3, -0.25) is 14.5 Å². The van der Waals surface area contributed by atoms with Gasteiger partial charge >= 0.3 is 0 Å². The zero-order chi connectivity index (χ0) is 8.97. The number of amides is 2. The molecule has 2 N–H and O–H groups in total. The van der Waals surface area contributed by atoms with Gasteiger partial charge in [0, 0.05) is 13.0 Å². The van der Waals surface area contributed by atoms with Crippen molar-refractivity contribution < 1.29 is 14.7 Å².